The van der Waals surface area contributed by atoms with Crippen LogP contribution >= 0.6 is 0 Å². The summed E-state index contributed by atoms with van der Waals surface area (Å²) in [7, 11) is 0. The van der Waals surface area contributed by atoms with Gasteiger partial charge in [0, 0.05) is 5.56 Å². The van der Waals surface area contributed by atoms with E-state index < -0.39 is 0 Å². The molecule has 4 nitrogen and oxygen atoms in total. The van der Waals surface area contributed by atoms with Crippen molar-refractivity contribution in [3.63, 3.8) is 0 Å². The van der Waals surface area contributed by atoms with E-state index in [0.29, 0.717) is 11.6 Å². The lowest BCUT2D eigenvalue weighted by atomic mass is 9.96. The molecular formula is C17H18N2O2. The molecule has 2 heterocycles. The second-order valence-electron chi connectivity index (χ2n) is 5.30. The highest BCUT2D eigenvalue weighted by molar-refractivity contribution is 5.89. The first-order chi connectivity index (χ1) is 10.0. The smallest absolute Gasteiger partial charge is 0.180 e. The highest BCUT2D eigenvalue weighted by atomic mass is 16.5. The van der Waals surface area contributed by atoms with E-state index in [4.69, 9.17) is 14.7 Å². The van der Waals surface area contributed by atoms with Crippen molar-refractivity contribution < 1.29 is 8.94 Å². The number of aromatic nitrogens is 1. The average molecular weight is 282 g/mol. The summed E-state index contributed by atoms with van der Waals surface area (Å²) in [5.74, 6) is 2.77. The minimum atomic E-state index is 0.400. The molecule has 0 aliphatic carbocycles. The van der Waals surface area contributed by atoms with Gasteiger partial charge in [-0.05, 0) is 38.8 Å². The molecule has 4 heteroatoms. The lowest BCUT2D eigenvalue weighted by Crippen LogP contribution is -1.91. The van der Waals surface area contributed by atoms with Crippen LogP contribution < -0.4 is 5.73 Å². The van der Waals surface area contributed by atoms with Gasteiger partial charge < -0.3 is 14.7 Å². The third-order valence-corrected chi connectivity index (χ3v) is 3.92. The van der Waals surface area contributed by atoms with Crippen LogP contribution in [0.2, 0.25) is 0 Å². The molecule has 3 aromatic rings. The quantitative estimate of drug-likeness (QED) is 0.755. The van der Waals surface area contributed by atoms with Crippen molar-refractivity contribution in [1.29, 1.82) is 0 Å². The van der Waals surface area contributed by atoms with Gasteiger partial charge in [-0.15, -0.1) is 0 Å². The van der Waals surface area contributed by atoms with E-state index in [1.807, 2.05) is 52.0 Å². The van der Waals surface area contributed by atoms with E-state index in [0.717, 1.165) is 39.3 Å². The fourth-order valence-electron chi connectivity index (χ4n) is 2.71. The Kier molecular flexibility index (Phi) is 3.09. The van der Waals surface area contributed by atoms with Crippen molar-refractivity contribution in [1.82, 2.24) is 5.16 Å². The van der Waals surface area contributed by atoms with Gasteiger partial charge in [0.2, 0.25) is 0 Å². The first kappa shape index (κ1) is 13.5. The molecule has 0 bridgehead atoms. The van der Waals surface area contributed by atoms with Crippen LogP contribution in [0.15, 0.2) is 33.2 Å². The zero-order valence-electron chi connectivity index (χ0n) is 12.7. The first-order valence-corrected chi connectivity index (χ1v) is 6.88. The second-order valence-corrected chi connectivity index (χ2v) is 5.30. The molecule has 3 rings (SSSR count). The molecule has 1 aromatic carbocycles. The lowest BCUT2D eigenvalue weighted by molar-refractivity contribution is 0.434. The maximum absolute atomic E-state index is 6.05. The molecule has 0 saturated carbocycles. The van der Waals surface area contributed by atoms with Gasteiger partial charge >= 0.3 is 0 Å². The fourth-order valence-corrected chi connectivity index (χ4v) is 2.71. The molecule has 21 heavy (non-hydrogen) atoms. The Morgan fingerprint density at radius 2 is 1.67 bits per heavy atom. The predicted octanol–water partition coefficient (Wildman–Crippen LogP) is 4.42. The van der Waals surface area contributed by atoms with Gasteiger partial charge in [0.05, 0.1) is 11.1 Å². The Balaban J connectivity index is 2.30. The van der Waals surface area contributed by atoms with Gasteiger partial charge in [0.25, 0.3) is 0 Å². The zero-order chi connectivity index (χ0) is 15.1. The van der Waals surface area contributed by atoms with Crippen molar-refractivity contribution in [2.45, 2.75) is 27.7 Å². The average Bonchev–Trinajstić information content (AvgIpc) is 2.92. The van der Waals surface area contributed by atoms with Gasteiger partial charge in [-0.2, -0.15) is 0 Å². The van der Waals surface area contributed by atoms with Crippen LogP contribution in [0.1, 0.15) is 22.6 Å². The van der Waals surface area contributed by atoms with Crippen LogP contribution in [-0.2, 0) is 0 Å². The van der Waals surface area contributed by atoms with Crippen molar-refractivity contribution in [3.8, 4) is 22.5 Å². The highest BCUT2D eigenvalue weighted by Gasteiger charge is 2.24. The Bertz CT molecular complexity index is 812. The molecule has 0 unspecified atom stereocenters. The number of aryl methyl sites for hydroxylation is 3. The summed E-state index contributed by atoms with van der Waals surface area (Å²) in [4.78, 5) is 0. The monoisotopic (exact) mass is 282 g/mol. The zero-order valence-corrected chi connectivity index (χ0v) is 12.7. The molecule has 0 atom stereocenters. The number of nitrogens with two attached hydrogens (primary N) is 1. The van der Waals surface area contributed by atoms with Crippen molar-refractivity contribution in [2.75, 3.05) is 5.73 Å². The van der Waals surface area contributed by atoms with Crippen LogP contribution in [0.5, 0.6) is 0 Å². The number of benzene rings is 1. The molecule has 2 N–H and O–H groups in total. The second kappa shape index (κ2) is 4.81. The molecule has 0 saturated heterocycles. The van der Waals surface area contributed by atoms with E-state index >= 15 is 0 Å². The maximum Gasteiger partial charge on any atom is 0.180 e. The number of nitrogens with zero attached hydrogens (tertiary/aromatic N) is 1. The number of hydrogen-bond donors (Lipinski definition) is 1. The van der Waals surface area contributed by atoms with Crippen LogP contribution in [-0.4, -0.2) is 5.16 Å². The number of furan rings is 1. The number of rotatable bonds is 2. The minimum absolute atomic E-state index is 0.400. The van der Waals surface area contributed by atoms with E-state index in [1.165, 1.54) is 0 Å². The summed E-state index contributed by atoms with van der Waals surface area (Å²) in [5, 5.41) is 3.96. The molecule has 0 amide bonds. The van der Waals surface area contributed by atoms with Crippen LogP contribution in [0.25, 0.3) is 22.5 Å². The van der Waals surface area contributed by atoms with Crippen LogP contribution in [0.3, 0.4) is 0 Å². The normalized spacial score (nSPS) is 11.0. The Labute approximate surface area is 123 Å². The van der Waals surface area contributed by atoms with Gasteiger partial charge in [-0.1, -0.05) is 29.4 Å². The number of nitrogen functional groups attached to an aromatic ring is 1. The van der Waals surface area contributed by atoms with E-state index in [9.17, 15) is 0 Å². The topological polar surface area (TPSA) is 65.2 Å². The molecule has 108 valence electrons. The molecule has 0 aliphatic heterocycles. The molecule has 0 spiro atoms. The largest absolute Gasteiger partial charge is 0.466 e. The molecule has 0 fully saturated rings. The van der Waals surface area contributed by atoms with E-state index in [2.05, 4.69) is 5.16 Å². The fraction of sp³-hybridized carbons (Fsp3) is 0.235. The molecule has 2 aromatic heterocycles. The molecule has 0 aliphatic rings. The third-order valence-electron chi connectivity index (χ3n) is 3.92. The highest BCUT2D eigenvalue weighted by Crippen LogP contribution is 2.41. The summed E-state index contributed by atoms with van der Waals surface area (Å²) in [6, 6.07) is 8.06. The van der Waals surface area contributed by atoms with Gasteiger partial charge in [0.1, 0.15) is 11.5 Å². The van der Waals surface area contributed by atoms with Crippen LogP contribution in [0.4, 0.5) is 5.82 Å². The minimum Gasteiger partial charge on any atom is -0.466 e. The summed E-state index contributed by atoms with van der Waals surface area (Å²) in [6.45, 7) is 7.93. The summed E-state index contributed by atoms with van der Waals surface area (Å²) in [5.41, 5.74) is 11.0. The van der Waals surface area contributed by atoms with E-state index in [1.54, 1.807) is 0 Å². The number of anilines is 1. The van der Waals surface area contributed by atoms with Gasteiger partial charge in [0.15, 0.2) is 11.6 Å². The third kappa shape index (κ3) is 2.03. The SMILES string of the molecule is Cc1ccccc1-c1c(N)noc1-c1c(C)oc(C)c1C. The Morgan fingerprint density at radius 3 is 2.29 bits per heavy atom. The predicted molar refractivity (Wildman–Crippen MR) is 83.0 cm³/mol. The van der Waals surface area contributed by atoms with Crippen molar-refractivity contribution in [3.05, 3.63) is 46.9 Å². The molecular weight excluding hydrogens is 264 g/mol. The standard InChI is InChI=1S/C17H18N2O2/c1-9-7-5-6-8-13(9)15-16(21-19-17(15)18)14-10(2)11(3)20-12(14)4/h5-8H,1-4H3,(H2,18,19). The summed E-state index contributed by atoms with van der Waals surface area (Å²) >= 11 is 0. The van der Waals surface area contributed by atoms with Crippen molar-refractivity contribution in [2.24, 2.45) is 0 Å². The number of hydrogen-bond acceptors (Lipinski definition) is 4. The summed E-state index contributed by atoms with van der Waals surface area (Å²) < 4.78 is 11.2. The van der Waals surface area contributed by atoms with Crippen LogP contribution in [0, 0.1) is 27.7 Å². The van der Waals surface area contributed by atoms with Crippen molar-refractivity contribution >= 4 is 5.82 Å². The van der Waals surface area contributed by atoms with Gasteiger partial charge in [-0.25, -0.2) is 0 Å². The maximum atomic E-state index is 6.05. The molecule has 0 radical (unpaired) electrons. The lowest BCUT2D eigenvalue weighted by Gasteiger charge is -2.06. The van der Waals surface area contributed by atoms with E-state index in [-0.39, 0.29) is 0 Å². The Morgan fingerprint density at radius 1 is 0.952 bits per heavy atom. The first-order valence-electron chi connectivity index (χ1n) is 6.88. The summed E-state index contributed by atoms with van der Waals surface area (Å²) in [6.07, 6.45) is 0. The Hall–Kier alpha value is -2.49. The van der Waals surface area contributed by atoms with Gasteiger partial charge in [-0.3, -0.25) is 0 Å².